The molecule has 5 nitrogen and oxygen atoms in total. The van der Waals surface area contributed by atoms with Gasteiger partial charge in [0, 0.05) is 12.1 Å². The lowest BCUT2D eigenvalue weighted by atomic mass is 10.1. The van der Waals surface area contributed by atoms with E-state index in [0.29, 0.717) is 23.5 Å². The fourth-order valence-corrected chi connectivity index (χ4v) is 2.37. The van der Waals surface area contributed by atoms with Crippen LogP contribution in [0.3, 0.4) is 0 Å². The molecule has 0 radical (unpaired) electrons. The summed E-state index contributed by atoms with van der Waals surface area (Å²) in [4.78, 5) is 25.6. The lowest BCUT2D eigenvalue weighted by Crippen LogP contribution is -2.31. The second-order valence-corrected chi connectivity index (χ2v) is 5.07. The largest absolute Gasteiger partial charge is 0.397 e. The minimum atomic E-state index is -0.679. The van der Waals surface area contributed by atoms with Gasteiger partial charge >= 0.3 is 0 Å². The molecular weight excluding hydrogens is 337 g/mol. The first-order chi connectivity index (χ1) is 10.5. The van der Waals surface area contributed by atoms with Gasteiger partial charge in [0.25, 0.3) is 5.91 Å². The van der Waals surface area contributed by atoms with Gasteiger partial charge in [-0.2, -0.15) is 0 Å². The number of primary amides is 1. The van der Waals surface area contributed by atoms with Gasteiger partial charge in [-0.1, -0.05) is 23.7 Å². The number of rotatable bonds is 4. The Morgan fingerprint density at radius 3 is 2.39 bits per heavy atom. The van der Waals surface area contributed by atoms with Gasteiger partial charge in [-0.05, 0) is 37.3 Å². The number of halogens is 2. The second kappa shape index (κ2) is 7.85. The Morgan fingerprint density at radius 1 is 1.17 bits per heavy atom. The SMILES string of the molecule is CCN(C(=O)c1ccc(Cl)c(C(N)=O)c1)c1ccccc1N.Cl. The van der Waals surface area contributed by atoms with Crippen LogP contribution < -0.4 is 16.4 Å². The van der Waals surface area contributed by atoms with Gasteiger partial charge < -0.3 is 16.4 Å². The quantitative estimate of drug-likeness (QED) is 0.827. The van der Waals surface area contributed by atoms with Crippen LogP contribution in [0.4, 0.5) is 11.4 Å². The number of nitrogen functional groups attached to an aromatic ring is 1. The van der Waals surface area contributed by atoms with E-state index in [1.54, 1.807) is 30.3 Å². The average molecular weight is 354 g/mol. The highest BCUT2D eigenvalue weighted by atomic mass is 35.5. The van der Waals surface area contributed by atoms with Crippen LogP contribution in [0.1, 0.15) is 27.6 Å². The number of carbonyl (C=O) groups excluding carboxylic acids is 2. The predicted molar refractivity (Wildman–Crippen MR) is 95.4 cm³/mol. The van der Waals surface area contributed by atoms with Crippen LogP contribution in [0.2, 0.25) is 5.02 Å². The smallest absolute Gasteiger partial charge is 0.258 e. The minimum Gasteiger partial charge on any atom is -0.397 e. The zero-order valence-electron chi connectivity index (χ0n) is 12.5. The monoisotopic (exact) mass is 353 g/mol. The normalized spacial score (nSPS) is 9.83. The van der Waals surface area contributed by atoms with Gasteiger partial charge in [-0.3, -0.25) is 9.59 Å². The van der Waals surface area contributed by atoms with Crippen molar-refractivity contribution in [3.8, 4) is 0 Å². The van der Waals surface area contributed by atoms with E-state index < -0.39 is 5.91 Å². The molecule has 2 rings (SSSR count). The van der Waals surface area contributed by atoms with Gasteiger partial charge in [0.05, 0.1) is 22.0 Å². The van der Waals surface area contributed by atoms with Crippen molar-refractivity contribution in [3.05, 3.63) is 58.6 Å². The summed E-state index contributed by atoms with van der Waals surface area (Å²) in [6, 6.07) is 11.5. The molecule has 23 heavy (non-hydrogen) atoms. The third-order valence-corrected chi connectivity index (χ3v) is 3.60. The Kier molecular flexibility index (Phi) is 6.42. The number of benzene rings is 2. The zero-order valence-corrected chi connectivity index (χ0v) is 14.0. The molecule has 2 aromatic rings. The first-order valence-corrected chi connectivity index (χ1v) is 7.09. The molecule has 0 aliphatic rings. The van der Waals surface area contributed by atoms with Crippen molar-refractivity contribution in [2.45, 2.75) is 6.92 Å². The molecule has 0 saturated heterocycles. The van der Waals surface area contributed by atoms with Gasteiger partial charge in [-0.15, -0.1) is 12.4 Å². The zero-order chi connectivity index (χ0) is 16.3. The molecule has 7 heteroatoms. The van der Waals surface area contributed by atoms with Crippen molar-refractivity contribution in [1.82, 2.24) is 0 Å². The molecule has 0 saturated carbocycles. The van der Waals surface area contributed by atoms with E-state index >= 15 is 0 Å². The number of nitrogens with zero attached hydrogens (tertiary/aromatic N) is 1. The molecular formula is C16H17Cl2N3O2. The second-order valence-electron chi connectivity index (χ2n) is 4.67. The summed E-state index contributed by atoms with van der Waals surface area (Å²) < 4.78 is 0. The van der Waals surface area contributed by atoms with Crippen molar-refractivity contribution >= 4 is 47.2 Å². The highest BCUT2D eigenvalue weighted by Gasteiger charge is 2.19. The van der Waals surface area contributed by atoms with Crippen LogP contribution in [0.25, 0.3) is 0 Å². The van der Waals surface area contributed by atoms with Crippen LogP contribution in [-0.4, -0.2) is 18.4 Å². The number of amides is 2. The molecule has 0 bridgehead atoms. The molecule has 0 aliphatic carbocycles. The van der Waals surface area contributed by atoms with E-state index in [9.17, 15) is 9.59 Å². The van der Waals surface area contributed by atoms with Crippen molar-refractivity contribution < 1.29 is 9.59 Å². The van der Waals surface area contributed by atoms with E-state index in [1.807, 2.05) is 6.92 Å². The predicted octanol–water partition coefficient (Wildman–Crippen LogP) is 3.11. The summed E-state index contributed by atoms with van der Waals surface area (Å²) in [6.45, 7) is 2.27. The summed E-state index contributed by atoms with van der Waals surface area (Å²) in [7, 11) is 0. The molecule has 0 unspecified atom stereocenters. The molecule has 2 amide bonds. The van der Waals surface area contributed by atoms with Crippen LogP contribution in [-0.2, 0) is 0 Å². The van der Waals surface area contributed by atoms with Crippen molar-refractivity contribution in [2.24, 2.45) is 5.73 Å². The van der Waals surface area contributed by atoms with Crippen LogP contribution >= 0.6 is 24.0 Å². The number of anilines is 2. The third-order valence-electron chi connectivity index (χ3n) is 3.27. The molecule has 0 aromatic heterocycles. The maximum Gasteiger partial charge on any atom is 0.258 e. The lowest BCUT2D eigenvalue weighted by molar-refractivity contribution is 0.0988. The Bertz CT molecular complexity index is 735. The van der Waals surface area contributed by atoms with Crippen LogP contribution in [0, 0.1) is 0 Å². The molecule has 122 valence electrons. The number of hydrogen-bond donors (Lipinski definition) is 2. The van der Waals surface area contributed by atoms with E-state index in [-0.39, 0.29) is 28.9 Å². The summed E-state index contributed by atoms with van der Waals surface area (Å²) in [6.07, 6.45) is 0. The van der Waals surface area contributed by atoms with E-state index in [2.05, 4.69) is 0 Å². The summed E-state index contributed by atoms with van der Waals surface area (Å²) in [5, 5.41) is 0.214. The molecule has 0 atom stereocenters. The molecule has 0 aliphatic heterocycles. The fourth-order valence-electron chi connectivity index (χ4n) is 2.16. The highest BCUT2D eigenvalue weighted by molar-refractivity contribution is 6.34. The van der Waals surface area contributed by atoms with E-state index in [4.69, 9.17) is 23.1 Å². The first kappa shape index (κ1) is 18.8. The Labute approximate surface area is 145 Å². The molecule has 0 heterocycles. The number of carbonyl (C=O) groups is 2. The number of nitrogens with two attached hydrogens (primary N) is 2. The molecule has 0 spiro atoms. The van der Waals surface area contributed by atoms with Crippen molar-refractivity contribution in [2.75, 3.05) is 17.2 Å². The third kappa shape index (κ3) is 3.94. The van der Waals surface area contributed by atoms with Crippen LogP contribution in [0.15, 0.2) is 42.5 Å². The van der Waals surface area contributed by atoms with E-state index in [1.165, 1.54) is 17.0 Å². The Balaban J connectivity index is 0.00000264. The Morgan fingerprint density at radius 2 is 1.83 bits per heavy atom. The maximum absolute atomic E-state index is 12.7. The standard InChI is InChI=1S/C16H16ClN3O2.ClH/c1-2-20(14-6-4-3-5-13(14)18)16(22)10-7-8-12(17)11(9-10)15(19)21;/h3-9H,2,18H2,1H3,(H2,19,21);1H. The Hall–Kier alpha value is -2.24. The van der Waals surface area contributed by atoms with E-state index in [0.717, 1.165) is 0 Å². The number of para-hydroxylation sites is 2. The highest BCUT2D eigenvalue weighted by Crippen LogP contribution is 2.25. The first-order valence-electron chi connectivity index (χ1n) is 6.71. The maximum atomic E-state index is 12.7. The summed E-state index contributed by atoms with van der Waals surface area (Å²) in [5.41, 5.74) is 12.7. The molecule has 2 aromatic carbocycles. The lowest BCUT2D eigenvalue weighted by Gasteiger charge is -2.23. The fraction of sp³-hybridized carbons (Fsp3) is 0.125. The average Bonchev–Trinajstić information content (AvgIpc) is 2.50. The molecule has 0 fully saturated rings. The van der Waals surface area contributed by atoms with Crippen molar-refractivity contribution in [3.63, 3.8) is 0 Å². The van der Waals surface area contributed by atoms with Gasteiger partial charge in [0.15, 0.2) is 0 Å². The number of hydrogen-bond acceptors (Lipinski definition) is 3. The van der Waals surface area contributed by atoms with Gasteiger partial charge in [-0.25, -0.2) is 0 Å². The van der Waals surface area contributed by atoms with Crippen molar-refractivity contribution in [1.29, 1.82) is 0 Å². The topological polar surface area (TPSA) is 89.4 Å². The molecule has 4 N–H and O–H groups in total. The minimum absolute atomic E-state index is 0. The van der Waals surface area contributed by atoms with Crippen LogP contribution in [0.5, 0.6) is 0 Å². The summed E-state index contributed by atoms with van der Waals surface area (Å²) >= 11 is 5.91. The van der Waals surface area contributed by atoms with Gasteiger partial charge in [0.1, 0.15) is 0 Å². The van der Waals surface area contributed by atoms with Gasteiger partial charge in [0.2, 0.25) is 5.91 Å². The summed E-state index contributed by atoms with van der Waals surface area (Å²) in [5.74, 6) is -0.957.